The molecule has 15 heavy (non-hydrogen) atoms. The Morgan fingerprint density at radius 1 is 1.27 bits per heavy atom. The third-order valence-corrected chi connectivity index (χ3v) is 2.35. The van der Waals surface area contributed by atoms with Gasteiger partial charge in [-0.25, -0.2) is 15.0 Å². The zero-order valence-electron chi connectivity index (χ0n) is 7.39. The summed E-state index contributed by atoms with van der Waals surface area (Å²) in [5, 5.41) is 0.333. The molecule has 0 bridgehead atoms. The van der Waals surface area contributed by atoms with Gasteiger partial charge < -0.3 is 4.74 Å². The number of pyridine rings is 1. The molecule has 2 aromatic rings. The first-order chi connectivity index (χ1) is 7.25. The molecule has 0 aliphatic rings. The minimum atomic E-state index is 0.333. The van der Waals surface area contributed by atoms with E-state index in [1.807, 2.05) is 0 Å². The Kier molecular flexibility index (Phi) is 3.13. The Balaban J connectivity index is 2.26. The summed E-state index contributed by atoms with van der Waals surface area (Å²) in [5.41, 5.74) is 0. The predicted molar refractivity (Wildman–Crippen MR) is 59.1 cm³/mol. The van der Waals surface area contributed by atoms with Crippen LogP contribution >= 0.6 is 27.5 Å². The summed E-state index contributed by atoms with van der Waals surface area (Å²) in [6.45, 7) is 0. The number of nitrogens with zero attached hydrogens (tertiary/aromatic N) is 3. The molecule has 76 valence electrons. The van der Waals surface area contributed by atoms with E-state index in [4.69, 9.17) is 16.3 Å². The molecule has 0 saturated heterocycles. The molecule has 0 aromatic carbocycles. The van der Waals surface area contributed by atoms with E-state index >= 15 is 0 Å². The molecule has 0 unspecified atom stereocenters. The lowest BCUT2D eigenvalue weighted by Gasteiger charge is -2.04. The molecule has 2 aromatic heterocycles. The monoisotopic (exact) mass is 285 g/mol. The summed E-state index contributed by atoms with van der Waals surface area (Å²) >= 11 is 8.95. The highest BCUT2D eigenvalue weighted by Crippen LogP contribution is 2.26. The fourth-order valence-corrected chi connectivity index (χ4v) is 1.40. The van der Waals surface area contributed by atoms with E-state index in [-0.39, 0.29) is 0 Å². The van der Waals surface area contributed by atoms with Crippen molar-refractivity contribution in [1.29, 1.82) is 0 Å². The van der Waals surface area contributed by atoms with E-state index in [9.17, 15) is 0 Å². The van der Waals surface area contributed by atoms with Gasteiger partial charge in [-0.1, -0.05) is 11.6 Å². The normalized spacial score (nSPS) is 10.0. The van der Waals surface area contributed by atoms with E-state index < -0.39 is 0 Å². The molecule has 0 amide bonds. The lowest BCUT2D eigenvalue weighted by molar-refractivity contribution is 0.456. The summed E-state index contributed by atoms with van der Waals surface area (Å²) in [5.74, 6) is 0.955. The average molecular weight is 287 g/mol. The van der Waals surface area contributed by atoms with E-state index in [0.717, 1.165) is 0 Å². The van der Waals surface area contributed by atoms with Crippen molar-refractivity contribution in [3.63, 3.8) is 0 Å². The van der Waals surface area contributed by atoms with Gasteiger partial charge in [-0.15, -0.1) is 0 Å². The third kappa shape index (κ3) is 2.64. The Morgan fingerprint density at radius 3 is 2.87 bits per heavy atom. The second-order valence-electron chi connectivity index (χ2n) is 2.57. The molecule has 0 aliphatic carbocycles. The zero-order chi connectivity index (χ0) is 10.7. The van der Waals surface area contributed by atoms with Crippen LogP contribution in [-0.4, -0.2) is 15.0 Å². The lowest BCUT2D eigenvalue weighted by Crippen LogP contribution is -1.90. The average Bonchev–Trinajstić information content (AvgIpc) is 2.22. The molecule has 0 spiro atoms. The fraction of sp³-hybridized carbons (Fsp3) is 0. The summed E-state index contributed by atoms with van der Waals surface area (Å²) in [4.78, 5) is 11.7. The molecule has 2 heterocycles. The quantitative estimate of drug-likeness (QED) is 0.629. The van der Waals surface area contributed by atoms with Crippen LogP contribution in [0.4, 0.5) is 0 Å². The van der Waals surface area contributed by atoms with Gasteiger partial charge in [-0.3, -0.25) is 0 Å². The molecule has 0 atom stereocenters. The van der Waals surface area contributed by atoms with Gasteiger partial charge in [0.1, 0.15) is 16.1 Å². The van der Waals surface area contributed by atoms with Crippen LogP contribution in [0.15, 0.2) is 35.3 Å². The van der Waals surface area contributed by atoms with Gasteiger partial charge >= 0.3 is 0 Å². The Hall–Kier alpha value is -1.20. The molecule has 0 saturated carbocycles. The molecule has 0 aliphatic heterocycles. The van der Waals surface area contributed by atoms with E-state index in [1.54, 1.807) is 18.3 Å². The van der Waals surface area contributed by atoms with Crippen LogP contribution in [0.5, 0.6) is 11.6 Å². The SMILES string of the molecule is Clc1cc(Oc2cccnc2Br)ncn1. The van der Waals surface area contributed by atoms with Crippen LogP contribution in [-0.2, 0) is 0 Å². The number of rotatable bonds is 2. The van der Waals surface area contributed by atoms with Crippen LogP contribution in [0.25, 0.3) is 0 Å². The topological polar surface area (TPSA) is 47.9 Å². The molecule has 4 nitrogen and oxygen atoms in total. The van der Waals surface area contributed by atoms with Gasteiger partial charge in [-0.2, -0.15) is 0 Å². The summed E-state index contributed by atoms with van der Waals surface area (Å²) in [7, 11) is 0. The number of hydrogen-bond donors (Lipinski definition) is 0. The smallest absolute Gasteiger partial charge is 0.223 e. The third-order valence-electron chi connectivity index (χ3n) is 1.55. The van der Waals surface area contributed by atoms with Gasteiger partial charge in [0.05, 0.1) is 0 Å². The van der Waals surface area contributed by atoms with Crippen molar-refractivity contribution in [2.45, 2.75) is 0 Å². The first-order valence-electron chi connectivity index (χ1n) is 4.01. The van der Waals surface area contributed by atoms with Gasteiger partial charge in [0.2, 0.25) is 5.88 Å². The molecular formula is C9H5BrClN3O. The highest BCUT2D eigenvalue weighted by molar-refractivity contribution is 9.10. The first kappa shape index (κ1) is 10.3. The standard InChI is InChI=1S/C9H5BrClN3O/c10-9-6(2-1-3-12-9)15-8-4-7(11)13-5-14-8/h1-5H. The Labute approximate surface area is 99.4 Å². The minimum absolute atomic E-state index is 0.333. The predicted octanol–water partition coefficient (Wildman–Crippen LogP) is 3.08. The first-order valence-corrected chi connectivity index (χ1v) is 5.19. The molecular weight excluding hydrogens is 281 g/mol. The summed E-state index contributed by atoms with van der Waals surface area (Å²) in [6, 6.07) is 5.07. The second-order valence-corrected chi connectivity index (χ2v) is 3.71. The molecule has 6 heteroatoms. The Morgan fingerprint density at radius 2 is 2.13 bits per heavy atom. The zero-order valence-corrected chi connectivity index (χ0v) is 9.73. The summed E-state index contributed by atoms with van der Waals surface area (Å²) < 4.78 is 6.06. The number of aromatic nitrogens is 3. The van der Waals surface area contributed by atoms with Crippen molar-refractivity contribution in [2.75, 3.05) is 0 Å². The maximum absolute atomic E-state index is 5.69. The minimum Gasteiger partial charge on any atom is -0.436 e. The largest absolute Gasteiger partial charge is 0.436 e. The maximum Gasteiger partial charge on any atom is 0.223 e. The van der Waals surface area contributed by atoms with Crippen LogP contribution in [0, 0.1) is 0 Å². The number of hydrogen-bond acceptors (Lipinski definition) is 4. The highest BCUT2D eigenvalue weighted by atomic mass is 79.9. The molecule has 2 rings (SSSR count). The molecule has 0 N–H and O–H groups in total. The summed E-state index contributed by atoms with van der Waals surface area (Å²) in [6.07, 6.45) is 2.99. The van der Waals surface area contributed by atoms with Crippen molar-refractivity contribution >= 4 is 27.5 Å². The van der Waals surface area contributed by atoms with Gasteiger partial charge in [0.15, 0.2) is 5.75 Å². The maximum atomic E-state index is 5.69. The van der Waals surface area contributed by atoms with Crippen LogP contribution < -0.4 is 4.74 Å². The van der Waals surface area contributed by atoms with Crippen LogP contribution in [0.2, 0.25) is 5.15 Å². The molecule has 0 radical (unpaired) electrons. The Bertz CT molecular complexity index is 480. The molecule has 0 fully saturated rings. The van der Waals surface area contributed by atoms with Crippen molar-refractivity contribution in [3.8, 4) is 11.6 Å². The van der Waals surface area contributed by atoms with Crippen LogP contribution in [0.3, 0.4) is 0 Å². The van der Waals surface area contributed by atoms with Crippen molar-refractivity contribution < 1.29 is 4.74 Å². The van der Waals surface area contributed by atoms with E-state index in [1.165, 1.54) is 12.4 Å². The number of halogens is 2. The van der Waals surface area contributed by atoms with Gasteiger partial charge in [0, 0.05) is 12.3 Å². The fourth-order valence-electron chi connectivity index (χ4n) is 0.933. The van der Waals surface area contributed by atoms with Crippen molar-refractivity contribution in [2.24, 2.45) is 0 Å². The van der Waals surface area contributed by atoms with Gasteiger partial charge in [-0.05, 0) is 28.1 Å². The number of ether oxygens (including phenoxy) is 1. The van der Waals surface area contributed by atoms with Crippen LogP contribution in [0.1, 0.15) is 0 Å². The second kappa shape index (κ2) is 4.55. The van der Waals surface area contributed by atoms with E-state index in [2.05, 4.69) is 30.9 Å². The van der Waals surface area contributed by atoms with Crippen molar-refractivity contribution in [1.82, 2.24) is 15.0 Å². The van der Waals surface area contributed by atoms with Gasteiger partial charge in [0.25, 0.3) is 0 Å². The highest BCUT2D eigenvalue weighted by Gasteiger charge is 2.04. The van der Waals surface area contributed by atoms with E-state index in [0.29, 0.717) is 21.4 Å². The van der Waals surface area contributed by atoms with Crippen molar-refractivity contribution in [3.05, 3.63) is 40.5 Å². The lowest BCUT2D eigenvalue weighted by atomic mass is 10.5.